The van der Waals surface area contributed by atoms with Crippen molar-refractivity contribution in [2.45, 2.75) is 19.8 Å². The molecule has 0 radical (unpaired) electrons. The van der Waals surface area contributed by atoms with Crippen LogP contribution in [-0.4, -0.2) is 6.61 Å². The van der Waals surface area contributed by atoms with Gasteiger partial charge in [0, 0.05) is 6.07 Å². The van der Waals surface area contributed by atoms with E-state index in [-0.39, 0.29) is 5.75 Å². The normalized spacial score (nSPS) is 14.3. The number of rotatable bonds is 6. The van der Waals surface area contributed by atoms with Gasteiger partial charge in [0.15, 0.2) is 0 Å². The Morgan fingerprint density at radius 1 is 1.22 bits per heavy atom. The summed E-state index contributed by atoms with van der Waals surface area (Å²) in [6.45, 7) is -0.356. The molecule has 0 aromatic heterocycles. The second-order valence-electron chi connectivity index (χ2n) is 3.51. The third-order valence-electron chi connectivity index (χ3n) is 1.97. The number of hydrogen-bond acceptors (Lipinski definition) is 3. The summed E-state index contributed by atoms with van der Waals surface area (Å²) in [6, 6.07) is 2.95. The van der Waals surface area contributed by atoms with E-state index in [0.29, 0.717) is 21.7 Å². The van der Waals surface area contributed by atoms with Gasteiger partial charge in [0.05, 0.1) is 21.7 Å². The van der Waals surface area contributed by atoms with Crippen LogP contribution in [0.4, 0.5) is 0 Å². The molecule has 0 aliphatic heterocycles. The van der Waals surface area contributed by atoms with Gasteiger partial charge < -0.3 is 9.05 Å². The quantitative estimate of drug-likeness (QED) is 0.445. The van der Waals surface area contributed by atoms with Crippen molar-refractivity contribution in [1.29, 1.82) is 0 Å². The molecule has 1 rings (SSSR count). The van der Waals surface area contributed by atoms with Crippen molar-refractivity contribution >= 4 is 53.3 Å². The highest BCUT2D eigenvalue weighted by Gasteiger charge is 2.17. The summed E-state index contributed by atoms with van der Waals surface area (Å²) < 4.78 is 10.8. The zero-order chi connectivity index (χ0) is 13.8. The van der Waals surface area contributed by atoms with Crippen LogP contribution >= 0.6 is 41.4 Å². The Morgan fingerprint density at radius 3 is 2.44 bits per heavy atom. The van der Waals surface area contributed by atoms with E-state index in [9.17, 15) is 0 Å². The second-order valence-corrected chi connectivity index (χ2v) is 7.78. The molecule has 0 heterocycles. The number of unbranched alkanes of at least 4 members (excludes halogenated alkanes) is 1. The molecule has 0 saturated carbocycles. The highest BCUT2D eigenvalue weighted by Crippen LogP contribution is 2.45. The van der Waals surface area contributed by atoms with Gasteiger partial charge in [-0.15, -0.1) is 0 Å². The van der Waals surface area contributed by atoms with E-state index in [4.69, 9.17) is 61.2 Å². The molecule has 0 amide bonds. The van der Waals surface area contributed by atoms with Crippen LogP contribution in [0.2, 0.25) is 15.1 Å². The van der Waals surface area contributed by atoms with Crippen LogP contribution in [0, 0.1) is 0 Å². The van der Waals surface area contributed by atoms with Crippen molar-refractivity contribution in [3.63, 3.8) is 0 Å². The first kappa shape index (κ1) is 16.5. The first-order valence-electron chi connectivity index (χ1n) is 5.23. The third kappa shape index (κ3) is 5.22. The largest absolute Gasteiger partial charge is 0.431 e. The minimum atomic E-state index is -2.86. The van der Waals surface area contributed by atoms with Crippen molar-refractivity contribution in [3.05, 3.63) is 27.2 Å². The van der Waals surface area contributed by atoms with Crippen molar-refractivity contribution in [1.82, 2.24) is 0 Å². The maximum atomic E-state index is 5.96. The van der Waals surface area contributed by atoms with Crippen LogP contribution in [0.25, 0.3) is 0 Å². The molecule has 0 spiro atoms. The number of nitrogens with two attached hydrogens (primary N) is 1. The number of benzene rings is 1. The van der Waals surface area contributed by atoms with Crippen LogP contribution in [-0.2, 0) is 16.3 Å². The van der Waals surface area contributed by atoms with Gasteiger partial charge in [-0.1, -0.05) is 48.1 Å². The summed E-state index contributed by atoms with van der Waals surface area (Å²) in [5.41, 5.74) is 5.79. The third-order valence-corrected chi connectivity index (χ3v) is 4.52. The molecule has 102 valence electrons. The predicted octanol–water partition coefficient (Wildman–Crippen LogP) is 5.03. The van der Waals surface area contributed by atoms with Crippen molar-refractivity contribution < 1.29 is 9.05 Å². The summed E-state index contributed by atoms with van der Waals surface area (Å²) in [6.07, 6.45) is 1.86. The van der Waals surface area contributed by atoms with E-state index in [0.717, 1.165) is 12.8 Å². The molecule has 18 heavy (non-hydrogen) atoms. The van der Waals surface area contributed by atoms with E-state index in [1.165, 1.54) is 12.1 Å². The first-order chi connectivity index (χ1) is 8.35. The lowest BCUT2D eigenvalue weighted by Crippen LogP contribution is -2.07. The van der Waals surface area contributed by atoms with Crippen LogP contribution in [0.5, 0.6) is 5.75 Å². The smallest absolute Gasteiger partial charge is 0.310 e. The van der Waals surface area contributed by atoms with E-state index in [2.05, 4.69) is 0 Å². The molecule has 0 aliphatic rings. The molecular weight excluding hydrogens is 336 g/mol. The summed E-state index contributed by atoms with van der Waals surface area (Å²) in [7, 11) is 0. The van der Waals surface area contributed by atoms with Crippen molar-refractivity contribution in [3.8, 4) is 5.75 Å². The van der Waals surface area contributed by atoms with E-state index in [1.807, 2.05) is 6.92 Å². The number of halogens is 3. The molecular formula is C10H13Cl3NO2PS. The van der Waals surface area contributed by atoms with Crippen LogP contribution in [0.3, 0.4) is 0 Å². The van der Waals surface area contributed by atoms with Gasteiger partial charge in [-0.3, -0.25) is 0 Å². The second kappa shape index (κ2) is 7.30. The topological polar surface area (TPSA) is 44.5 Å². The van der Waals surface area contributed by atoms with E-state index in [1.54, 1.807) is 0 Å². The molecule has 3 nitrogen and oxygen atoms in total. The lowest BCUT2D eigenvalue weighted by Gasteiger charge is -2.19. The molecule has 0 aliphatic carbocycles. The van der Waals surface area contributed by atoms with Crippen LogP contribution in [0.15, 0.2) is 12.1 Å². The summed E-state index contributed by atoms with van der Waals surface area (Å²) >= 11 is 22.7. The molecule has 1 aromatic rings. The molecule has 0 bridgehead atoms. The monoisotopic (exact) mass is 347 g/mol. The molecule has 1 unspecified atom stereocenters. The summed E-state index contributed by atoms with van der Waals surface area (Å²) in [5.74, 6) is 0.286. The lowest BCUT2D eigenvalue weighted by molar-refractivity contribution is 0.304. The van der Waals surface area contributed by atoms with Gasteiger partial charge >= 0.3 is 6.64 Å². The predicted molar refractivity (Wildman–Crippen MR) is 81.4 cm³/mol. The van der Waals surface area contributed by atoms with Gasteiger partial charge in [-0.05, 0) is 24.3 Å². The average molecular weight is 349 g/mol. The van der Waals surface area contributed by atoms with Gasteiger partial charge in [0.25, 0.3) is 0 Å². The van der Waals surface area contributed by atoms with Gasteiger partial charge in [-0.2, -0.15) is 0 Å². The maximum Gasteiger partial charge on any atom is 0.310 e. The van der Waals surface area contributed by atoms with Gasteiger partial charge in [-0.25, -0.2) is 5.50 Å². The zero-order valence-corrected chi connectivity index (χ0v) is 13.6. The molecule has 8 heteroatoms. The van der Waals surface area contributed by atoms with E-state index < -0.39 is 6.64 Å². The number of hydrogen-bond donors (Lipinski definition) is 1. The van der Waals surface area contributed by atoms with Gasteiger partial charge in [0.1, 0.15) is 5.75 Å². The Bertz CT molecular complexity index is 473. The molecule has 0 fully saturated rings. The minimum absolute atomic E-state index is 0.286. The lowest BCUT2D eigenvalue weighted by atomic mass is 10.3. The summed E-state index contributed by atoms with van der Waals surface area (Å²) in [5, 5.41) is 0.953. The van der Waals surface area contributed by atoms with E-state index >= 15 is 0 Å². The van der Waals surface area contributed by atoms with Crippen molar-refractivity contribution in [2.75, 3.05) is 6.61 Å². The molecule has 2 N–H and O–H groups in total. The first-order valence-corrected chi connectivity index (χ1v) is 9.07. The maximum absolute atomic E-state index is 5.96. The van der Waals surface area contributed by atoms with Gasteiger partial charge in [0.2, 0.25) is 0 Å². The SMILES string of the molecule is CCCCOP(N)(=S)Oc1cc(Cl)c(Cl)cc1Cl. The average Bonchev–Trinajstić information content (AvgIpc) is 2.26. The molecule has 1 atom stereocenters. The highest BCUT2D eigenvalue weighted by molar-refractivity contribution is 8.09. The fourth-order valence-corrected chi connectivity index (χ4v) is 3.03. The Balaban J connectivity index is 2.77. The standard InChI is InChI=1S/C10H13Cl3NO2PS/c1-2-3-4-15-17(14,18)16-10-6-8(12)7(11)5-9(10)13/h5-6H,2-4H2,1H3,(H2,14,18). The highest BCUT2D eigenvalue weighted by atomic mass is 35.5. The fourth-order valence-electron chi connectivity index (χ4n) is 1.07. The Labute approximate surface area is 127 Å². The summed E-state index contributed by atoms with van der Waals surface area (Å²) in [4.78, 5) is 0. The Morgan fingerprint density at radius 2 is 1.83 bits per heavy atom. The Hall–Kier alpha value is 0.460. The Kier molecular flexibility index (Phi) is 6.70. The molecule has 1 aromatic carbocycles. The minimum Gasteiger partial charge on any atom is -0.431 e. The zero-order valence-electron chi connectivity index (χ0n) is 9.66. The fraction of sp³-hybridized carbons (Fsp3) is 0.400. The van der Waals surface area contributed by atoms with Crippen LogP contribution in [0.1, 0.15) is 19.8 Å². The van der Waals surface area contributed by atoms with Crippen LogP contribution < -0.4 is 10.0 Å². The van der Waals surface area contributed by atoms with Crippen molar-refractivity contribution in [2.24, 2.45) is 5.50 Å². The molecule has 0 saturated heterocycles.